The number of halogens is 1. The molecule has 0 amide bonds. The molecule has 21 heavy (non-hydrogen) atoms. The molecule has 1 atom stereocenters. The zero-order chi connectivity index (χ0) is 15.1. The summed E-state index contributed by atoms with van der Waals surface area (Å²) in [7, 11) is 0. The molecule has 3 nitrogen and oxygen atoms in total. The molecule has 0 spiro atoms. The first-order valence-electron chi connectivity index (χ1n) is 6.99. The normalized spacial score (nSPS) is 12.1. The van der Waals surface area contributed by atoms with E-state index < -0.39 is 0 Å². The van der Waals surface area contributed by atoms with Gasteiger partial charge in [-0.3, -0.25) is 0 Å². The summed E-state index contributed by atoms with van der Waals surface area (Å²) in [6, 6.07) is 15.6. The number of hydrogen-bond donors (Lipinski definition) is 2. The van der Waals surface area contributed by atoms with E-state index in [1.165, 1.54) is 0 Å². The van der Waals surface area contributed by atoms with Gasteiger partial charge in [0.15, 0.2) is 0 Å². The number of nitrogens with one attached hydrogen (secondary N) is 1. The Morgan fingerprint density at radius 2 is 1.95 bits per heavy atom. The van der Waals surface area contributed by atoms with Crippen molar-refractivity contribution in [2.45, 2.75) is 26.2 Å². The third kappa shape index (κ3) is 5.38. The van der Waals surface area contributed by atoms with E-state index in [2.05, 4.69) is 5.32 Å². The van der Waals surface area contributed by atoms with Gasteiger partial charge in [0.05, 0.1) is 6.10 Å². The molecule has 0 saturated heterocycles. The molecular formula is C17H20ClNO2. The lowest BCUT2D eigenvalue weighted by Crippen LogP contribution is -2.24. The zero-order valence-corrected chi connectivity index (χ0v) is 12.8. The fourth-order valence-corrected chi connectivity index (χ4v) is 2.17. The smallest absolute Gasteiger partial charge is 0.124 e. The molecule has 0 aliphatic heterocycles. The predicted molar refractivity (Wildman–Crippen MR) is 85.6 cm³/mol. The van der Waals surface area contributed by atoms with Crippen molar-refractivity contribution in [1.29, 1.82) is 0 Å². The molecule has 0 saturated carbocycles. The summed E-state index contributed by atoms with van der Waals surface area (Å²) in [6.45, 7) is 3.41. The molecule has 0 aliphatic rings. The quantitative estimate of drug-likeness (QED) is 0.824. The standard InChI is InChI=1S/C17H20ClNO2/c1-13(20)10-19-11-15-9-16(18)7-8-17(15)21-12-14-5-3-2-4-6-14/h2-9,13,19-20H,10-12H2,1H3. The summed E-state index contributed by atoms with van der Waals surface area (Å²) in [5, 5.41) is 13.1. The molecule has 0 bridgehead atoms. The van der Waals surface area contributed by atoms with Crippen LogP contribution in [-0.2, 0) is 13.2 Å². The van der Waals surface area contributed by atoms with Crippen molar-refractivity contribution in [2.24, 2.45) is 0 Å². The molecule has 2 aromatic rings. The van der Waals surface area contributed by atoms with Crippen molar-refractivity contribution < 1.29 is 9.84 Å². The van der Waals surface area contributed by atoms with Gasteiger partial charge in [-0.1, -0.05) is 41.9 Å². The van der Waals surface area contributed by atoms with Crippen molar-refractivity contribution in [1.82, 2.24) is 5.32 Å². The maximum atomic E-state index is 9.29. The van der Waals surface area contributed by atoms with E-state index in [1.54, 1.807) is 6.92 Å². The van der Waals surface area contributed by atoms with Gasteiger partial charge in [0.1, 0.15) is 12.4 Å². The van der Waals surface area contributed by atoms with Crippen LogP contribution in [0.4, 0.5) is 0 Å². The highest BCUT2D eigenvalue weighted by molar-refractivity contribution is 6.30. The van der Waals surface area contributed by atoms with Gasteiger partial charge in [-0.25, -0.2) is 0 Å². The summed E-state index contributed by atoms with van der Waals surface area (Å²) < 4.78 is 5.87. The lowest BCUT2D eigenvalue weighted by atomic mass is 10.2. The van der Waals surface area contributed by atoms with Crippen LogP contribution in [0.5, 0.6) is 5.75 Å². The average Bonchev–Trinajstić information content (AvgIpc) is 2.47. The van der Waals surface area contributed by atoms with E-state index >= 15 is 0 Å². The van der Waals surface area contributed by atoms with Gasteiger partial charge in [-0.15, -0.1) is 0 Å². The SMILES string of the molecule is CC(O)CNCc1cc(Cl)ccc1OCc1ccccc1. The van der Waals surface area contributed by atoms with Gasteiger partial charge < -0.3 is 15.2 Å². The van der Waals surface area contributed by atoms with Crippen molar-refractivity contribution >= 4 is 11.6 Å². The summed E-state index contributed by atoms with van der Waals surface area (Å²) in [6.07, 6.45) is -0.377. The third-order valence-corrected chi connectivity index (χ3v) is 3.25. The summed E-state index contributed by atoms with van der Waals surface area (Å²) in [4.78, 5) is 0. The predicted octanol–water partition coefficient (Wildman–Crippen LogP) is 3.39. The lowest BCUT2D eigenvalue weighted by Gasteiger charge is -2.13. The van der Waals surface area contributed by atoms with E-state index in [0.29, 0.717) is 24.7 Å². The van der Waals surface area contributed by atoms with Crippen LogP contribution in [0.3, 0.4) is 0 Å². The van der Waals surface area contributed by atoms with E-state index in [9.17, 15) is 5.11 Å². The number of hydrogen-bond acceptors (Lipinski definition) is 3. The molecule has 2 rings (SSSR count). The third-order valence-electron chi connectivity index (χ3n) is 3.01. The number of aliphatic hydroxyl groups excluding tert-OH is 1. The average molecular weight is 306 g/mol. The number of benzene rings is 2. The number of aliphatic hydroxyl groups is 1. The molecule has 112 valence electrons. The van der Waals surface area contributed by atoms with Gasteiger partial charge in [0.2, 0.25) is 0 Å². The van der Waals surface area contributed by atoms with Crippen molar-refractivity contribution in [3.8, 4) is 5.75 Å². The highest BCUT2D eigenvalue weighted by Crippen LogP contribution is 2.23. The van der Waals surface area contributed by atoms with E-state index in [-0.39, 0.29) is 6.10 Å². The highest BCUT2D eigenvalue weighted by Gasteiger charge is 2.06. The maximum Gasteiger partial charge on any atom is 0.124 e. The van der Waals surface area contributed by atoms with Crippen LogP contribution >= 0.6 is 11.6 Å². The van der Waals surface area contributed by atoms with E-state index in [4.69, 9.17) is 16.3 Å². The molecule has 0 aliphatic carbocycles. The van der Waals surface area contributed by atoms with Crippen molar-refractivity contribution in [2.75, 3.05) is 6.54 Å². The maximum absolute atomic E-state index is 9.29. The summed E-state index contributed by atoms with van der Waals surface area (Å²) >= 11 is 6.04. The monoisotopic (exact) mass is 305 g/mol. The molecule has 0 fully saturated rings. The Hall–Kier alpha value is -1.55. The Morgan fingerprint density at radius 1 is 1.19 bits per heavy atom. The minimum Gasteiger partial charge on any atom is -0.489 e. The van der Waals surface area contributed by atoms with Crippen molar-refractivity contribution in [3.63, 3.8) is 0 Å². The first-order chi connectivity index (χ1) is 10.1. The minimum absolute atomic E-state index is 0.377. The van der Waals surface area contributed by atoms with Crippen LogP contribution < -0.4 is 10.1 Å². The Kier molecular flexibility index (Phi) is 6.05. The Morgan fingerprint density at radius 3 is 2.67 bits per heavy atom. The molecule has 0 radical (unpaired) electrons. The van der Waals surface area contributed by atoms with Crippen LogP contribution in [0.2, 0.25) is 5.02 Å². The highest BCUT2D eigenvalue weighted by atomic mass is 35.5. The molecule has 1 unspecified atom stereocenters. The van der Waals surface area contributed by atoms with Gasteiger partial charge in [-0.05, 0) is 30.7 Å². The molecule has 4 heteroatoms. The van der Waals surface area contributed by atoms with Gasteiger partial charge >= 0.3 is 0 Å². The Labute approximate surface area is 130 Å². The van der Waals surface area contributed by atoms with Gasteiger partial charge in [0, 0.05) is 23.7 Å². The fourth-order valence-electron chi connectivity index (χ4n) is 1.98. The van der Waals surface area contributed by atoms with E-state index in [1.807, 2.05) is 48.5 Å². The first kappa shape index (κ1) is 15.8. The zero-order valence-electron chi connectivity index (χ0n) is 12.1. The molecule has 0 heterocycles. The molecule has 0 aromatic heterocycles. The first-order valence-corrected chi connectivity index (χ1v) is 7.37. The largest absolute Gasteiger partial charge is 0.489 e. The number of rotatable bonds is 7. The van der Waals surface area contributed by atoms with Crippen LogP contribution in [0.25, 0.3) is 0 Å². The molecule has 2 aromatic carbocycles. The van der Waals surface area contributed by atoms with Gasteiger partial charge in [-0.2, -0.15) is 0 Å². The summed E-state index contributed by atoms with van der Waals surface area (Å²) in [5.41, 5.74) is 2.11. The lowest BCUT2D eigenvalue weighted by molar-refractivity contribution is 0.190. The van der Waals surface area contributed by atoms with Gasteiger partial charge in [0.25, 0.3) is 0 Å². The molecule has 2 N–H and O–H groups in total. The summed E-state index contributed by atoms with van der Waals surface area (Å²) in [5.74, 6) is 0.807. The fraction of sp³-hybridized carbons (Fsp3) is 0.294. The Balaban J connectivity index is 2.00. The minimum atomic E-state index is -0.377. The number of ether oxygens (including phenoxy) is 1. The molecular weight excluding hydrogens is 286 g/mol. The second-order valence-electron chi connectivity index (χ2n) is 5.01. The van der Waals surface area contributed by atoms with Crippen LogP contribution in [0, 0.1) is 0 Å². The van der Waals surface area contributed by atoms with Crippen LogP contribution in [0.15, 0.2) is 48.5 Å². The second kappa shape index (κ2) is 8.03. The van der Waals surface area contributed by atoms with Crippen LogP contribution in [0.1, 0.15) is 18.1 Å². The van der Waals surface area contributed by atoms with E-state index in [0.717, 1.165) is 16.9 Å². The Bertz CT molecular complexity index is 558. The van der Waals surface area contributed by atoms with Crippen LogP contribution in [-0.4, -0.2) is 17.8 Å². The topological polar surface area (TPSA) is 41.5 Å². The van der Waals surface area contributed by atoms with Crippen molar-refractivity contribution in [3.05, 3.63) is 64.7 Å². The second-order valence-corrected chi connectivity index (χ2v) is 5.44.